The maximum absolute atomic E-state index is 11.2. The minimum atomic E-state index is -0.506. The second-order valence-corrected chi connectivity index (χ2v) is 15.6. The zero-order chi connectivity index (χ0) is 37.3. The van der Waals surface area contributed by atoms with E-state index in [2.05, 4.69) is 61.4 Å². The van der Waals surface area contributed by atoms with Gasteiger partial charge in [-0.2, -0.15) is 0 Å². The van der Waals surface area contributed by atoms with Gasteiger partial charge in [0.1, 0.15) is 18.3 Å². The second-order valence-electron chi connectivity index (χ2n) is 15.6. The Kier molecular flexibility index (Phi) is 30.0. The third-order valence-corrected chi connectivity index (χ3v) is 4.09. The van der Waals surface area contributed by atoms with Gasteiger partial charge in [-0.25, -0.2) is 0 Å². The number of aliphatic hydroxyl groups excluding tert-OH is 1. The van der Waals surface area contributed by atoms with Crippen molar-refractivity contribution in [1.29, 1.82) is 0 Å². The molecular formula is C35H73N3O7. The summed E-state index contributed by atoms with van der Waals surface area (Å²) in [5.41, 5.74) is 0.609. The lowest BCUT2D eigenvalue weighted by atomic mass is 9.97. The van der Waals surface area contributed by atoms with Gasteiger partial charge >= 0.3 is 11.9 Å². The van der Waals surface area contributed by atoms with Gasteiger partial charge in [0, 0.05) is 25.6 Å². The number of hydrogen-bond donors (Lipinski definition) is 1. The van der Waals surface area contributed by atoms with Gasteiger partial charge in [0.2, 0.25) is 0 Å². The van der Waals surface area contributed by atoms with Crippen molar-refractivity contribution in [2.75, 3.05) is 34.0 Å². The number of oxime groups is 1. The average molecular weight is 648 g/mol. The Morgan fingerprint density at radius 3 is 1.33 bits per heavy atom. The number of aliphatic hydroxyl groups is 1. The van der Waals surface area contributed by atoms with Gasteiger partial charge < -0.3 is 24.2 Å². The second kappa shape index (κ2) is 25.8. The SMILES string of the molecule is C/C=N/OC(C)(C)C.CC(C)=NC(C)(C)C.CC=NCC(C)(C)C.COC(=O)C(C)(C)C.COC(CO)COC(=O)C(C)(C)C. The number of nitrogens with zero attached hydrogens (tertiary/aromatic N) is 3. The van der Waals surface area contributed by atoms with Crippen LogP contribution in [0.15, 0.2) is 15.1 Å². The van der Waals surface area contributed by atoms with Crippen LogP contribution in [-0.4, -0.2) is 86.4 Å². The van der Waals surface area contributed by atoms with Gasteiger partial charge in [-0.1, -0.05) is 25.9 Å². The number of aliphatic imine (C=N–C) groups is 2. The fourth-order valence-electron chi connectivity index (χ4n) is 2.13. The summed E-state index contributed by atoms with van der Waals surface area (Å²) in [7, 11) is 2.86. The number of carbonyl (C=O) groups excluding carboxylic acids is 2. The molecule has 0 rings (SSSR count). The van der Waals surface area contributed by atoms with Crippen LogP contribution in [0.4, 0.5) is 0 Å². The molecule has 0 aromatic rings. The zero-order valence-electron chi connectivity index (χ0n) is 33.1. The zero-order valence-corrected chi connectivity index (χ0v) is 33.1. The van der Waals surface area contributed by atoms with Gasteiger partial charge in [0.05, 0.1) is 30.1 Å². The van der Waals surface area contributed by atoms with Crippen molar-refractivity contribution in [2.24, 2.45) is 31.4 Å². The number of carbonyl (C=O) groups is 2. The summed E-state index contributed by atoms with van der Waals surface area (Å²) in [5.74, 6) is -0.458. The van der Waals surface area contributed by atoms with Gasteiger partial charge in [0.25, 0.3) is 0 Å². The van der Waals surface area contributed by atoms with Crippen molar-refractivity contribution in [2.45, 2.75) is 149 Å². The average Bonchev–Trinajstić information content (AvgIpc) is 2.84. The molecule has 45 heavy (non-hydrogen) atoms. The molecule has 10 heteroatoms. The first-order valence-electron chi connectivity index (χ1n) is 15.5. The first-order valence-corrected chi connectivity index (χ1v) is 15.5. The van der Waals surface area contributed by atoms with Crippen LogP contribution in [0, 0.1) is 16.2 Å². The number of esters is 2. The fraction of sp³-hybridized carbons (Fsp3) is 0.857. The molecule has 0 aliphatic rings. The largest absolute Gasteiger partial charge is 0.469 e. The lowest BCUT2D eigenvalue weighted by Crippen LogP contribution is -2.29. The summed E-state index contributed by atoms with van der Waals surface area (Å²) < 4.78 is 14.2. The fourth-order valence-corrected chi connectivity index (χ4v) is 2.13. The molecule has 1 atom stereocenters. The summed E-state index contributed by atoms with van der Waals surface area (Å²) in [6.07, 6.45) is 3.06. The monoisotopic (exact) mass is 648 g/mol. The van der Waals surface area contributed by atoms with Crippen LogP contribution < -0.4 is 0 Å². The van der Waals surface area contributed by atoms with E-state index in [1.165, 1.54) is 14.2 Å². The van der Waals surface area contributed by atoms with Gasteiger partial charge in [0.15, 0.2) is 0 Å². The molecule has 1 unspecified atom stereocenters. The molecule has 0 saturated carbocycles. The topological polar surface area (TPSA) is 128 Å². The molecule has 0 aromatic heterocycles. The van der Waals surface area contributed by atoms with Crippen LogP contribution in [0.3, 0.4) is 0 Å². The minimum Gasteiger partial charge on any atom is -0.469 e. The van der Waals surface area contributed by atoms with Gasteiger partial charge in [-0.15, -0.1) is 0 Å². The molecule has 0 heterocycles. The molecule has 0 bridgehead atoms. The highest BCUT2D eigenvalue weighted by Gasteiger charge is 2.24. The standard InChI is InChI=1S/C9H18O4.2C7H15N.C6H13NO.C6H12O2/c1-9(2,3)8(11)13-6-7(5-10)12-4;1-6(2)8-7(3,4)5;1-5-8-6-7(2,3)4;1-5-7-8-6(2,3)4;1-6(2,3)5(7)8-4/h7,10H,5-6H2,1-4H3;1-5H3;5H,6H2,1-4H3;5H,1-4H3;1-4H3/b;;;7-5+;. The Labute approximate surface area is 277 Å². The van der Waals surface area contributed by atoms with E-state index in [0.29, 0.717) is 5.41 Å². The molecule has 0 aromatic carbocycles. The van der Waals surface area contributed by atoms with Crippen LogP contribution >= 0.6 is 0 Å². The summed E-state index contributed by atoms with van der Waals surface area (Å²) >= 11 is 0. The molecule has 1 N–H and O–H groups in total. The minimum absolute atomic E-state index is 0.100. The maximum atomic E-state index is 11.2. The quantitative estimate of drug-likeness (QED) is 0.176. The Balaban J connectivity index is -0.000000151. The molecule has 0 spiro atoms. The van der Waals surface area contributed by atoms with Gasteiger partial charge in [-0.3, -0.25) is 19.6 Å². The third kappa shape index (κ3) is 51.5. The molecule has 10 nitrogen and oxygen atoms in total. The van der Waals surface area contributed by atoms with Crippen molar-refractivity contribution in [3.05, 3.63) is 0 Å². The molecule has 0 radical (unpaired) electrons. The lowest BCUT2D eigenvalue weighted by molar-refractivity contribution is -0.157. The van der Waals surface area contributed by atoms with E-state index in [-0.39, 0.29) is 41.7 Å². The highest BCUT2D eigenvalue weighted by atomic mass is 16.6. The van der Waals surface area contributed by atoms with Crippen molar-refractivity contribution >= 4 is 30.1 Å². The highest BCUT2D eigenvalue weighted by molar-refractivity contribution is 5.79. The van der Waals surface area contributed by atoms with E-state index in [9.17, 15) is 9.59 Å². The summed E-state index contributed by atoms with van der Waals surface area (Å²) in [6, 6.07) is 0. The van der Waals surface area contributed by atoms with E-state index in [4.69, 9.17) is 19.4 Å². The van der Waals surface area contributed by atoms with Crippen molar-refractivity contribution in [1.82, 2.24) is 0 Å². The van der Waals surface area contributed by atoms with E-state index >= 15 is 0 Å². The Bertz CT molecular complexity index is 800. The molecule has 0 aliphatic heterocycles. The van der Waals surface area contributed by atoms with Crippen molar-refractivity contribution in [3.8, 4) is 0 Å². The van der Waals surface area contributed by atoms with Crippen LogP contribution in [-0.2, 0) is 28.6 Å². The van der Waals surface area contributed by atoms with Crippen LogP contribution in [0.25, 0.3) is 0 Å². The number of hydrogen-bond acceptors (Lipinski definition) is 10. The lowest BCUT2D eigenvalue weighted by Gasteiger charge is -2.19. The Hall–Kier alpha value is -2.33. The molecule has 0 aliphatic carbocycles. The summed E-state index contributed by atoms with van der Waals surface area (Å²) in [6.45, 7) is 38.2. The van der Waals surface area contributed by atoms with Crippen LogP contribution in [0.1, 0.15) is 132 Å². The maximum Gasteiger partial charge on any atom is 0.311 e. The van der Waals surface area contributed by atoms with Crippen molar-refractivity contribution in [3.63, 3.8) is 0 Å². The first kappa shape index (κ1) is 52.2. The van der Waals surface area contributed by atoms with Crippen molar-refractivity contribution < 1.29 is 33.7 Å². The number of rotatable bonds is 6. The van der Waals surface area contributed by atoms with Crippen LogP contribution in [0.5, 0.6) is 0 Å². The summed E-state index contributed by atoms with van der Waals surface area (Å²) in [5, 5.41) is 12.3. The van der Waals surface area contributed by atoms with E-state index in [0.717, 1.165) is 12.3 Å². The summed E-state index contributed by atoms with van der Waals surface area (Å²) in [4.78, 5) is 35.2. The first-order chi connectivity index (χ1) is 19.9. The Morgan fingerprint density at radius 2 is 1.20 bits per heavy atom. The molecule has 270 valence electrons. The number of ether oxygens (including phenoxy) is 3. The predicted octanol–water partition coefficient (Wildman–Crippen LogP) is 7.98. The predicted molar refractivity (Wildman–Crippen MR) is 192 cm³/mol. The molecule has 0 amide bonds. The molecule has 0 fully saturated rings. The molecular weight excluding hydrogens is 574 g/mol. The highest BCUT2D eigenvalue weighted by Crippen LogP contribution is 2.15. The van der Waals surface area contributed by atoms with Crippen LogP contribution in [0.2, 0.25) is 0 Å². The van der Waals surface area contributed by atoms with E-state index < -0.39 is 11.5 Å². The third-order valence-electron chi connectivity index (χ3n) is 4.09. The van der Waals surface area contributed by atoms with E-state index in [1.54, 1.807) is 27.0 Å². The number of methoxy groups -OCH3 is 2. The smallest absolute Gasteiger partial charge is 0.311 e. The normalized spacial score (nSPS) is 12.5. The molecule has 0 saturated heterocycles. The van der Waals surface area contributed by atoms with Gasteiger partial charge in [-0.05, 0) is 122 Å². The Morgan fingerprint density at radius 1 is 0.756 bits per heavy atom. The van der Waals surface area contributed by atoms with E-state index in [1.807, 2.05) is 75.5 Å².